The highest BCUT2D eigenvalue weighted by atomic mass is 32.2. The van der Waals surface area contributed by atoms with E-state index in [9.17, 15) is 13.2 Å². The van der Waals surface area contributed by atoms with Gasteiger partial charge in [-0.1, -0.05) is 0 Å². The molecular formula is C14H20N2O3S. The molecule has 0 saturated carbocycles. The van der Waals surface area contributed by atoms with Crippen LogP contribution in [0, 0.1) is 0 Å². The van der Waals surface area contributed by atoms with Crippen molar-refractivity contribution < 1.29 is 13.2 Å². The summed E-state index contributed by atoms with van der Waals surface area (Å²) in [5, 5.41) is 2.83. The van der Waals surface area contributed by atoms with E-state index in [2.05, 4.69) is 5.32 Å². The van der Waals surface area contributed by atoms with Gasteiger partial charge < -0.3 is 5.32 Å². The van der Waals surface area contributed by atoms with Crippen molar-refractivity contribution in [2.24, 2.45) is 0 Å². The molecule has 0 aromatic heterocycles. The molecule has 0 radical (unpaired) electrons. The van der Waals surface area contributed by atoms with Crippen molar-refractivity contribution in [3.05, 3.63) is 29.3 Å². The van der Waals surface area contributed by atoms with Crippen molar-refractivity contribution in [2.75, 3.05) is 10.6 Å². The van der Waals surface area contributed by atoms with Gasteiger partial charge in [0.05, 0.1) is 11.9 Å². The summed E-state index contributed by atoms with van der Waals surface area (Å²) < 4.78 is 25.1. The molecule has 20 heavy (non-hydrogen) atoms. The van der Waals surface area contributed by atoms with Gasteiger partial charge in [0.25, 0.3) is 5.91 Å². The van der Waals surface area contributed by atoms with E-state index in [1.807, 2.05) is 20.8 Å². The van der Waals surface area contributed by atoms with E-state index in [0.29, 0.717) is 17.7 Å². The second-order valence-electron chi connectivity index (χ2n) is 5.58. The van der Waals surface area contributed by atoms with Crippen molar-refractivity contribution in [1.29, 1.82) is 0 Å². The van der Waals surface area contributed by atoms with Crippen molar-refractivity contribution in [3.8, 4) is 0 Å². The third-order valence-electron chi connectivity index (χ3n) is 3.27. The van der Waals surface area contributed by atoms with Crippen LogP contribution in [0.15, 0.2) is 18.2 Å². The van der Waals surface area contributed by atoms with E-state index in [4.69, 9.17) is 0 Å². The highest BCUT2D eigenvalue weighted by molar-refractivity contribution is 7.92. The van der Waals surface area contributed by atoms with Crippen LogP contribution in [0.1, 0.15) is 36.7 Å². The van der Waals surface area contributed by atoms with Crippen LogP contribution in [0.2, 0.25) is 0 Å². The third kappa shape index (κ3) is 2.80. The number of benzene rings is 1. The monoisotopic (exact) mass is 296 g/mol. The average Bonchev–Trinajstić information content (AvgIpc) is 2.61. The second kappa shape index (κ2) is 5.09. The summed E-state index contributed by atoms with van der Waals surface area (Å²) in [5.41, 5.74) is 2.15. The molecule has 5 nitrogen and oxygen atoms in total. The number of carbonyl (C=O) groups is 1. The lowest BCUT2D eigenvalue weighted by Crippen LogP contribution is -2.34. The Kier molecular flexibility index (Phi) is 3.77. The number of rotatable bonds is 3. The van der Waals surface area contributed by atoms with Gasteiger partial charge in [-0.25, -0.2) is 8.42 Å². The third-order valence-corrected chi connectivity index (χ3v) is 4.54. The Hall–Kier alpha value is -1.56. The lowest BCUT2D eigenvalue weighted by atomic mass is 10.1. The van der Waals surface area contributed by atoms with Crippen LogP contribution in [0.25, 0.3) is 0 Å². The van der Waals surface area contributed by atoms with Crippen molar-refractivity contribution in [3.63, 3.8) is 0 Å². The lowest BCUT2D eigenvalue weighted by Gasteiger charge is -2.22. The number of hydrogen-bond acceptors (Lipinski definition) is 3. The standard InChI is InChI=1S/C14H20N2O3S/c1-9(2)15-14(17)11-5-6-13-12(8-11)7-10(3)16(13)20(4,18)19/h5-6,8-10H,7H2,1-4H3,(H,15,17)/t10-/m1/s1. The van der Waals surface area contributed by atoms with Crippen molar-refractivity contribution in [2.45, 2.75) is 39.3 Å². The van der Waals surface area contributed by atoms with Gasteiger partial charge in [-0.2, -0.15) is 0 Å². The SMILES string of the molecule is CC(C)NC(=O)c1ccc2c(c1)C[C@@H](C)N2S(C)(=O)=O. The minimum absolute atomic E-state index is 0.0715. The van der Waals surface area contributed by atoms with E-state index in [-0.39, 0.29) is 18.0 Å². The van der Waals surface area contributed by atoms with Gasteiger partial charge in [-0.15, -0.1) is 0 Å². The Morgan fingerprint density at radius 2 is 2.05 bits per heavy atom. The molecule has 0 fully saturated rings. The molecule has 1 amide bonds. The minimum Gasteiger partial charge on any atom is -0.350 e. The lowest BCUT2D eigenvalue weighted by molar-refractivity contribution is 0.0943. The molecule has 1 aromatic rings. The zero-order chi connectivity index (χ0) is 15.1. The van der Waals surface area contributed by atoms with Crippen LogP contribution >= 0.6 is 0 Å². The summed E-state index contributed by atoms with van der Waals surface area (Å²) in [6.45, 7) is 5.67. The molecule has 0 unspecified atom stereocenters. The molecule has 0 spiro atoms. The van der Waals surface area contributed by atoms with E-state index in [1.165, 1.54) is 10.6 Å². The van der Waals surface area contributed by atoms with Crippen LogP contribution in [0.4, 0.5) is 5.69 Å². The van der Waals surface area contributed by atoms with Crippen LogP contribution in [-0.2, 0) is 16.4 Å². The summed E-state index contributed by atoms with van der Waals surface area (Å²) in [6, 6.07) is 5.14. The maximum atomic E-state index is 12.0. The molecular weight excluding hydrogens is 276 g/mol. The normalized spacial score (nSPS) is 18.2. The summed E-state index contributed by atoms with van der Waals surface area (Å²) in [4.78, 5) is 12.0. The number of nitrogens with zero attached hydrogens (tertiary/aromatic N) is 1. The van der Waals surface area contributed by atoms with E-state index in [1.54, 1.807) is 18.2 Å². The van der Waals surface area contributed by atoms with Crippen LogP contribution in [-0.4, -0.2) is 32.7 Å². The Bertz CT molecular complexity index is 638. The molecule has 2 rings (SSSR count). The van der Waals surface area contributed by atoms with Gasteiger partial charge in [0.1, 0.15) is 0 Å². The first-order valence-electron chi connectivity index (χ1n) is 6.63. The smallest absolute Gasteiger partial charge is 0.251 e. The van der Waals surface area contributed by atoms with Gasteiger partial charge in [0, 0.05) is 17.6 Å². The highest BCUT2D eigenvalue weighted by Gasteiger charge is 2.32. The Labute approximate surface area is 120 Å². The maximum absolute atomic E-state index is 12.0. The predicted molar refractivity (Wildman–Crippen MR) is 79.5 cm³/mol. The zero-order valence-electron chi connectivity index (χ0n) is 12.2. The number of fused-ring (bicyclic) bond motifs is 1. The van der Waals surface area contributed by atoms with E-state index >= 15 is 0 Å². The fourth-order valence-corrected chi connectivity index (χ4v) is 3.86. The Balaban J connectivity index is 2.36. The summed E-state index contributed by atoms with van der Waals surface area (Å²) in [7, 11) is -3.28. The van der Waals surface area contributed by atoms with Gasteiger partial charge in [-0.05, 0) is 51.0 Å². The zero-order valence-corrected chi connectivity index (χ0v) is 13.0. The number of anilines is 1. The molecule has 0 bridgehead atoms. The number of nitrogens with one attached hydrogen (secondary N) is 1. The summed E-state index contributed by atoms with van der Waals surface area (Å²) in [5.74, 6) is -0.131. The Morgan fingerprint density at radius 1 is 1.40 bits per heavy atom. The fraction of sp³-hybridized carbons (Fsp3) is 0.500. The quantitative estimate of drug-likeness (QED) is 0.920. The first kappa shape index (κ1) is 14.8. The fourth-order valence-electron chi connectivity index (χ4n) is 2.59. The minimum atomic E-state index is -3.28. The van der Waals surface area contributed by atoms with Crippen LogP contribution in [0.3, 0.4) is 0 Å². The first-order chi connectivity index (χ1) is 9.20. The largest absolute Gasteiger partial charge is 0.350 e. The molecule has 1 atom stereocenters. The molecule has 0 saturated heterocycles. The summed E-state index contributed by atoms with van der Waals surface area (Å²) >= 11 is 0. The van der Waals surface area contributed by atoms with Crippen molar-refractivity contribution >= 4 is 21.6 Å². The average molecular weight is 296 g/mol. The van der Waals surface area contributed by atoms with Gasteiger partial charge in [0.15, 0.2) is 0 Å². The number of sulfonamides is 1. The number of amides is 1. The van der Waals surface area contributed by atoms with Gasteiger partial charge in [-0.3, -0.25) is 9.10 Å². The van der Waals surface area contributed by atoms with Gasteiger partial charge >= 0.3 is 0 Å². The van der Waals surface area contributed by atoms with Crippen LogP contribution in [0.5, 0.6) is 0 Å². The number of hydrogen-bond donors (Lipinski definition) is 1. The second-order valence-corrected chi connectivity index (χ2v) is 7.44. The first-order valence-corrected chi connectivity index (χ1v) is 8.48. The topological polar surface area (TPSA) is 66.5 Å². The molecule has 1 aromatic carbocycles. The molecule has 1 N–H and O–H groups in total. The molecule has 1 aliphatic heterocycles. The van der Waals surface area contributed by atoms with E-state index in [0.717, 1.165) is 5.56 Å². The van der Waals surface area contributed by atoms with Crippen LogP contribution < -0.4 is 9.62 Å². The summed E-state index contributed by atoms with van der Waals surface area (Å²) in [6.07, 6.45) is 1.84. The Morgan fingerprint density at radius 3 is 2.60 bits per heavy atom. The molecule has 1 heterocycles. The number of carbonyl (C=O) groups excluding carboxylic acids is 1. The van der Waals surface area contributed by atoms with Gasteiger partial charge in [0.2, 0.25) is 10.0 Å². The highest BCUT2D eigenvalue weighted by Crippen LogP contribution is 2.34. The van der Waals surface area contributed by atoms with Crippen molar-refractivity contribution in [1.82, 2.24) is 5.32 Å². The molecule has 0 aliphatic carbocycles. The van der Waals surface area contributed by atoms with E-state index < -0.39 is 10.0 Å². The molecule has 6 heteroatoms. The molecule has 1 aliphatic rings. The predicted octanol–water partition coefficient (Wildman–Crippen LogP) is 1.54. The molecule has 110 valence electrons. The maximum Gasteiger partial charge on any atom is 0.251 e.